The molecule has 0 saturated carbocycles. The van der Waals surface area contributed by atoms with Gasteiger partial charge in [0.15, 0.2) is 0 Å². The molecule has 1 aliphatic heterocycles. The van der Waals surface area contributed by atoms with Crippen LogP contribution in [0.4, 0.5) is 0 Å². The van der Waals surface area contributed by atoms with Gasteiger partial charge in [-0.05, 0) is 31.4 Å². The van der Waals surface area contributed by atoms with E-state index in [2.05, 4.69) is 15.5 Å². The fourth-order valence-electron chi connectivity index (χ4n) is 1.57. The molecule has 1 saturated heterocycles. The Morgan fingerprint density at radius 1 is 1.50 bits per heavy atom. The molecule has 1 aromatic rings. The van der Waals surface area contributed by atoms with Crippen LogP contribution in [0.15, 0.2) is 0 Å². The Labute approximate surface area is 102 Å². The van der Waals surface area contributed by atoms with Crippen molar-refractivity contribution in [2.45, 2.75) is 25.3 Å². The van der Waals surface area contributed by atoms with Crippen molar-refractivity contribution in [3.63, 3.8) is 0 Å². The van der Waals surface area contributed by atoms with Crippen molar-refractivity contribution in [1.29, 1.82) is 0 Å². The molecule has 0 radical (unpaired) electrons. The van der Waals surface area contributed by atoms with Crippen molar-refractivity contribution in [3.05, 3.63) is 9.47 Å². The molecule has 2 rings (SSSR count). The van der Waals surface area contributed by atoms with Crippen LogP contribution < -0.4 is 5.32 Å². The summed E-state index contributed by atoms with van der Waals surface area (Å²) in [4.78, 5) is 11.8. The lowest BCUT2D eigenvalue weighted by Gasteiger charge is -2.34. The number of amides is 1. The zero-order chi connectivity index (χ0) is 11.6. The third kappa shape index (κ3) is 2.69. The number of nitrogens with zero attached hydrogens (tertiary/aromatic N) is 2. The van der Waals surface area contributed by atoms with E-state index in [0.29, 0.717) is 18.2 Å². The summed E-state index contributed by atoms with van der Waals surface area (Å²) in [5, 5.41) is 10.6. The van der Waals surface area contributed by atoms with Gasteiger partial charge in [-0.1, -0.05) is 11.3 Å². The predicted octanol–water partition coefficient (Wildman–Crippen LogP) is 1.49. The fourth-order valence-corrected chi connectivity index (χ4v) is 2.30. The average molecular weight is 262 g/mol. The van der Waals surface area contributed by atoms with Gasteiger partial charge >= 0.3 is 0 Å². The summed E-state index contributed by atoms with van der Waals surface area (Å²) in [6, 6.07) is 0. The maximum absolute atomic E-state index is 11.8. The first kappa shape index (κ1) is 11.8. The number of ether oxygens (including phenoxy) is 1. The molecule has 88 valence electrons. The van der Waals surface area contributed by atoms with Crippen LogP contribution in [0, 0.1) is 0 Å². The molecule has 0 bridgehead atoms. The van der Waals surface area contributed by atoms with Crippen LogP contribution in [0.1, 0.15) is 29.6 Å². The molecule has 16 heavy (non-hydrogen) atoms. The Hall–Kier alpha value is -0.720. The van der Waals surface area contributed by atoms with Gasteiger partial charge in [-0.25, -0.2) is 0 Å². The monoisotopic (exact) mass is 261 g/mol. The Bertz CT molecular complexity index is 390. The molecule has 2 heterocycles. The molecule has 0 atom stereocenters. The maximum atomic E-state index is 11.8. The zero-order valence-electron chi connectivity index (χ0n) is 8.83. The second-order valence-corrected chi connectivity index (χ2v) is 5.55. The van der Waals surface area contributed by atoms with E-state index in [1.165, 1.54) is 0 Å². The molecule has 1 fully saturated rings. The predicted molar refractivity (Wildman–Crippen MR) is 60.8 cm³/mol. The van der Waals surface area contributed by atoms with Crippen LogP contribution in [-0.4, -0.2) is 34.9 Å². The van der Waals surface area contributed by atoms with Crippen molar-refractivity contribution >= 4 is 28.8 Å². The van der Waals surface area contributed by atoms with E-state index in [1.54, 1.807) is 0 Å². The molecular weight excluding hydrogens is 250 g/mol. The summed E-state index contributed by atoms with van der Waals surface area (Å²) < 4.78 is 5.54. The molecule has 0 spiro atoms. The summed E-state index contributed by atoms with van der Waals surface area (Å²) in [7, 11) is 0. The highest BCUT2D eigenvalue weighted by atomic mass is 35.5. The van der Waals surface area contributed by atoms with E-state index in [9.17, 15) is 4.79 Å². The van der Waals surface area contributed by atoms with E-state index in [1.807, 2.05) is 6.92 Å². The minimum Gasteiger partial charge on any atom is -0.381 e. The van der Waals surface area contributed by atoms with Gasteiger partial charge in [0.25, 0.3) is 5.91 Å². The number of rotatable bonds is 2. The number of aromatic nitrogens is 2. The molecule has 1 amide bonds. The molecule has 1 N–H and O–H groups in total. The fraction of sp³-hybridized carbons (Fsp3) is 0.667. The number of halogens is 1. The van der Waals surface area contributed by atoms with Gasteiger partial charge in [0.2, 0.25) is 9.47 Å². The van der Waals surface area contributed by atoms with Crippen LogP contribution >= 0.6 is 22.9 Å². The van der Waals surface area contributed by atoms with E-state index < -0.39 is 0 Å². The molecule has 7 heteroatoms. The normalized spacial score (nSPS) is 19.4. The van der Waals surface area contributed by atoms with Crippen LogP contribution in [0.5, 0.6) is 0 Å². The molecule has 0 unspecified atom stereocenters. The van der Waals surface area contributed by atoms with Gasteiger partial charge in [-0.15, -0.1) is 10.2 Å². The van der Waals surface area contributed by atoms with Crippen LogP contribution in [0.2, 0.25) is 4.47 Å². The van der Waals surface area contributed by atoms with Crippen LogP contribution in [0.3, 0.4) is 0 Å². The van der Waals surface area contributed by atoms with Gasteiger partial charge < -0.3 is 10.1 Å². The Balaban J connectivity index is 2.01. The summed E-state index contributed by atoms with van der Waals surface area (Å²) in [5.74, 6) is -0.214. The first-order chi connectivity index (χ1) is 7.59. The highest BCUT2D eigenvalue weighted by molar-refractivity contribution is 7.17. The van der Waals surface area contributed by atoms with Gasteiger partial charge in [0.1, 0.15) is 0 Å². The number of carbonyl (C=O) groups is 1. The van der Waals surface area contributed by atoms with Crippen LogP contribution in [0.25, 0.3) is 0 Å². The van der Waals surface area contributed by atoms with Crippen molar-refractivity contribution in [2.75, 3.05) is 13.2 Å². The van der Waals surface area contributed by atoms with Gasteiger partial charge in [0.05, 0.1) is 0 Å². The highest BCUT2D eigenvalue weighted by Gasteiger charge is 2.30. The van der Waals surface area contributed by atoms with Crippen molar-refractivity contribution in [3.8, 4) is 0 Å². The largest absolute Gasteiger partial charge is 0.381 e. The summed E-state index contributed by atoms with van der Waals surface area (Å²) in [6.45, 7) is 3.36. The number of carbonyl (C=O) groups excluding carboxylic acids is 1. The van der Waals surface area contributed by atoms with E-state index in [-0.39, 0.29) is 15.9 Å². The van der Waals surface area contributed by atoms with Gasteiger partial charge in [0, 0.05) is 18.8 Å². The highest BCUT2D eigenvalue weighted by Crippen LogP contribution is 2.21. The topological polar surface area (TPSA) is 64.1 Å². The van der Waals surface area contributed by atoms with Crippen molar-refractivity contribution in [2.24, 2.45) is 0 Å². The Morgan fingerprint density at radius 2 is 2.19 bits per heavy atom. The lowest BCUT2D eigenvalue weighted by atomic mass is 9.92. The SMILES string of the molecule is CC1(NC(=O)c2nnc(Cl)s2)CCOCC1. The zero-order valence-corrected chi connectivity index (χ0v) is 10.4. The first-order valence-corrected chi connectivity index (χ1v) is 6.18. The lowest BCUT2D eigenvalue weighted by Crippen LogP contribution is -2.49. The minimum atomic E-state index is -0.215. The van der Waals surface area contributed by atoms with Gasteiger partial charge in [-0.3, -0.25) is 4.79 Å². The molecule has 5 nitrogen and oxygen atoms in total. The second kappa shape index (κ2) is 4.65. The summed E-state index contributed by atoms with van der Waals surface area (Å²) in [6.07, 6.45) is 1.62. The van der Waals surface area contributed by atoms with E-state index >= 15 is 0 Å². The number of nitrogens with one attached hydrogen (secondary N) is 1. The lowest BCUT2D eigenvalue weighted by molar-refractivity contribution is 0.0422. The molecular formula is C9H12ClN3O2S. The third-order valence-corrected chi connectivity index (χ3v) is 3.62. The maximum Gasteiger partial charge on any atom is 0.282 e. The molecule has 0 aromatic carbocycles. The minimum absolute atomic E-state index is 0.214. The third-order valence-electron chi connectivity index (χ3n) is 2.61. The van der Waals surface area contributed by atoms with E-state index in [4.69, 9.17) is 16.3 Å². The number of hydrogen-bond donors (Lipinski definition) is 1. The smallest absolute Gasteiger partial charge is 0.282 e. The van der Waals surface area contributed by atoms with Crippen LogP contribution in [-0.2, 0) is 4.74 Å². The average Bonchev–Trinajstić information content (AvgIpc) is 2.65. The van der Waals surface area contributed by atoms with Crippen molar-refractivity contribution < 1.29 is 9.53 Å². The summed E-state index contributed by atoms with van der Waals surface area (Å²) in [5.41, 5.74) is -0.215. The number of hydrogen-bond acceptors (Lipinski definition) is 5. The van der Waals surface area contributed by atoms with E-state index in [0.717, 1.165) is 24.2 Å². The van der Waals surface area contributed by atoms with Crippen molar-refractivity contribution in [1.82, 2.24) is 15.5 Å². The van der Waals surface area contributed by atoms with Gasteiger partial charge in [-0.2, -0.15) is 0 Å². The summed E-state index contributed by atoms with van der Waals surface area (Å²) >= 11 is 6.71. The Morgan fingerprint density at radius 3 is 2.75 bits per heavy atom. The quantitative estimate of drug-likeness (QED) is 0.876. The molecule has 1 aromatic heterocycles. The second-order valence-electron chi connectivity index (χ2n) is 3.99. The Kier molecular flexibility index (Phi) is 3.41. The molecule has 1 aliphatic rings. The first-order valence-electron chi connectivity index (χ1n) is 4.98. The standard InChI is InChI=1S/C9H12ClN3O2S/c1-9(2-4-15-5-3-9)11-6(14)7-12-13-8(10)16-7/h2-5H2,1H3,(H,11,14). The molecule has 0 aliphatic carbocycles.